The van der Waals surface area contributed by atoms with Crippen LogP contribution in [0.3, 0.4) is 0 Å². The highest BCUT2D eigenvalue weighted by Gasteiger charge is 2.46. The van der Waals surface area contributed by atoms with Gasteiger partial charge in [-0.05, 0) is 51.0 Å². The maximum Gasteiger partial charge on any atom is 0.351 e. The summed E-state index contributed by atoms with van der Waals surface area (Å²) in [6, 6.07) is 10.2. The maximum atomic E-state index is 6.76. The third kappa shape index (κ3) is 7.65. The van der Waals surface area contributed by atoms with Crippen LogP contribution in [0, 0.1) is 0 Å². The lowest BCUT2D eigenvalue weighted by Gasteiger charge is -2.40. The Labute approximate surface area is 177 Å². The number of hydrogen-bond donors (Lipinski definition) is 0. The van der Waals surface area contributed by atoms with Crippen LogP contribution < -0.4 is 5.19 Å². The summed E-state index contributed by atoms with van der Waals surface area (Å²) in [4.78, 5) is 0. The van der Waals surface area contributed by atoms with Crippen molar-refractivity contribution in [3.63, 3.8) is 0 Å². The number of benzene rings is 1. The second kappa shape index (κ2) is 9.91. The maximum absolute atomic E-state index is 6.76. The third-order valence-electron chi connectivity index (χ3n) is 4.38. The monoisotopic (exact) mass is 468 g/mol. The molecule has 28 heavy (non-hydrogen) atoms. The Balaban J connectivity index is 3.23. The highest BCUT2D eigenvalue weighted by Crippen LogP contribution is 2.24. The highest BCUT2D eigenvalue weighted by atomic mass is 28.5. The van der Waals surface area contributed by atoms with Gasteiger partial charge in [-0.15, -0.1) is 19.7 Å². The first-order valence-corrected chi connectivity index (χ1v) is 22.3. The molecule has 0 aliphatic heterocycles. The Bertz CT molecular complexity index is 682. The summed E-state index contributed by atoms with van der Waals surface area (Å²) in [6.45, 7) is 26.5. The average molecular weight is 469 g/mol. The van der Waals surface area contributed by atoms with E-state index in [1.54, 1.807) is 0 Å². The van der Waals surface area contributed by atoms with E-state index in [0.29, 0.717) is 0 Å². The molecule has 3 unspecified atom stereocenters. The topological polar surface area (TPSA) is 36.9 Å². The molecule has 0 radical (unpaired) electrons. The van der Waals surface area contributed by atoms with Crippen molar-refractivity contribution >= 4 is 48.2 Å². The fraction of sp³-hybridized carbons (Fsp3) is 0.368. The summed E-state index contributed by atoms with van der Waals surface area (Å²) < 4.78 is 26.2. The molecule has 0 amide bonds. The molecule has 0 heterocycles. The molecule has 0 spiro atoms. The van der Waals surface area contributed by atoms with Crippen LogP contribution in [-0.2, 0) is 16.5 Å². The minimum atomic E-state index is -2.79. The smallest absolute Gasteiger partial charge is 0.351 e. The van der Waals surface area contributed by atoms with Gasteiger partial charge in [0.1, 0.15) is 0 Å². The second-order valence-corrected chi connectivity index (χ2v) is 24.9. The Morgan fingerprint density at radius 1 is 0.750 bits per heavy atom. The van der Waals surface area contributed by atoms with E-state index in [0.717, 1.165) is 5.19 Å². The fourth-order valence-electron chi connectivity index (χ4n) is 2.76. The lowest BCUT2D eigenvalue weighted by Crippen LogP contribution is -2.62. The molecule has 0 aliphatic carbocycles. The molecule has 0 fully saturated rings. The van der Waals surface area contributed by atoms with E-state index in [2.05, 4.69) is 71.2 Å². The van der Waals surface area contributed by atoms with Crippen molar-refractivity contribution in [1.29, 1.82) is 0 Å². The summed E-state index contributed by atoms with van der Waals surface area (Å²) in [5, 5.41) is 1.07. The SMILES string of the molecule is C=C[Si](C)(C)O[SiH](C)O[Si](C)(O[Si](C)(C=C)O[Si](C)(C)C=C)c1ccccc1. The molecule has 9 heteroatoms. The largest absolute Gasteiger partial charge is 0.435 e. The van der Waals surface area contributed by atoms with Gasteiger partial charge < -0.3 is 16.5 Å². The molecule has 3 atom stereocenters. The van der Waals surface area contributed by atoms with Crippen molar-refractivity contribution in [2.75, 3.05) is 0 Å². The first-order valence-electron chi connectivity index (χ1n) is 9.52. The molecule has 1 aromatic rings. The van der Waals surface area contributed by atoms with Crippen LogP contribution in [-0.4, -0.2) is 43.0 Å². The molecule has 0 saturated carbocycles. The van der Waals surface area contributed by atoms with Gasteiger partial charge in [-0.3, -0.25) is 0 Å². The van der Waals surface area contributed by atoms with Crippen molar-refractivity contribution in [3.8, 4) is 0 Å². The Kier molecular flexibility index (Phi) is 8.99. The molecule has 156 valence electrons. The van der Waals surface area contributed by atoms with Crippen LogP contribution in [0.2, 0.25) is 45.8 Å². The van der Waals surface area contributed by atoms with E-state index in [9.17, 15) is 0 Å². The number of hydrogen-bond acceptors (Lipinski definition) is 4. The molecule has 0 N–H and O–H groups in total. The molecule has 1 aromatic carbocycles. The quantitative estimate of drug-likeness (QED) is 0.422. The standard InChI is InChI=1S/C19H36O4Si5/c1-11-25(5,6)20-24(4)21-28(10,19-17-15-14-16-18-19)23-27(9,13-3)22-26(7,8)12-2/h11-18,24H,1-3H2,4-10H3. The fourth-order valence-corrected chi connectivity index (χ4v) is 21.0. The lowest BCUT2D eigenvalue weighted by atomic mass is 10.4. The number of rotatable bonds is 12. The van der Waals surface area contributed by atoms with Gasteiger partial charge in [0.15, 0.2) is 16.6 Å². The van der Waals surface area contributed by atoms with Gasteiger partial charge in [0.25, 0.3) is 9.28 Å². The first kappa shape index (κ1) is 25.4. The van der Waals surface area contributed by atoms with E-state index < -0.39 is 43.0 Å². The zero-order valence-electron chi connectivity index (χ0n) is 18.5. The van der Waals surface area contributed by atoms with Crippen molar-refractivity contribution in [2.45, 2.75) is 45.8 Å². The van der Waals surface area contributed by atoms with Crippen LogP contribution in [0.15, 0.2) is 67.2 Å². The van der Waals surface area contributed by atoms with Crippen molar-refractivity contribution in [3.05, 3.63) is 67.2 Å². The van der Waals surface area contributed by atoms with Crippen LogP contribution in [0.5, 0.6) is 0 Å². The molecule has 0 aromatic heterocycles. The zero-order valence-corrected chi connectivity index (χ0v) is 23.6. The molecule has 4 nitrogen and oxygen atoms in total. The predicted octanol–water partition coefficient (Wildman–Crippen LogP) is 4.54. The van der Waals surface area contributed by atoms with E-state index >= 15 is 0 Å². The van der Waals surface area contributed by atoms with Gasteiger partial charge in [0, 0.05) is 0 Å². The second-order valence-electron chi connectivity index (χ2n) is 8.15. The summed E-state index contributed by atoms with van der Waals surface area (Å²) in [7, 11) is -11.4. The van der Waals surface area contributed by atoms with Crippen LogP contribution >= 0.6 is 0 Å². The van der Waals surface area contributed by atoms with Gasteiger partial charge in [0.2, 0.25) is 0 Å². The van der Waals surface area contributed by atoms with Crippen molar-refractivity contribution in [1.82, 2.24) is 0 Å². The molecular weight excluding hydrogens is 433 g/mol. The van der Waals surface area contributed by atoms with Gasteiger partial charge >= 0.3 is 17.1 Å². The third-order valence-corrected chi connectivity index (χ3v) is 22.3. The predicted molar refractivity (Wildman–Crippen MR) is 132 cm³/mol. The Hall–Kier alpha value is -0.636. The normalized spacial score (nSPS) is 17.8. The van der Waals surface area contributed by atoms with Crippen LogP contribution in [0.4, 0.5) is 0 Å². The average Bonchev–Trinajstić information content (AvgIpc) is 2.61. The van der Waals surface area contributed by atoms with E-state index in [1.807, 2.05) is 41.8 Å². The lowest BCUT2D eigenvalue weighted by molar-refractivity contribution is 0.323. The summed E-state index contributed by atoms with van der Waals surface area (Å²) >= 11 is 0. The highest BCUT2D eigenvalue weighted by molar-refractivity contribution is 6.95. The summed E-state index contributed by atoms with van der Waals surface area (Å²) in [6.07, 6.45) is 0. The van der Waals surface area contributed by atoms with Gasteiger partial charge in [-0.2, -0.15) is 0 Å². The van der Waals surface area contributed by atoms with Crippen LogP contribution in [0.25, 0.3) is 0 Å². The Morgan fingerprint density at radius 2 is 1.29 bits per heavy atom. The molecule has 0 aliphatic rings. The van der Waals surface area contributed by atoms with E-state index in [4.69, 9.17) is 16.5 Å². The summed E-state index contributed by atoms with van der Waals surface area (Å²) in [5.41, 5.74) is 5.70. The van der Waals surface area contributed by atoms with Gasteiger partial charge in [-0.25, -0.2) is 0 Å². The van der Waals surface area contributed by atoms with Crippen molar-refractivity contribution < 1.29 is 16.5 Å². The zero-order chi connectivity index (χ0) is 21.6. The summed E-state index contributed by atoms with van der Waals surface area (Å²) in [5.74, 6) is 0. The minimum absolute atomic E-state index is 1.07. The first-order chi connectivity index (χ1) is 12.8. The molecule has 1 rings (SSSR count). The molecular formula is C19H36O4Si5. The van der Waals surface area contributed by atoms with Crippen molar-refractivity contribution in [2.24, 2.45) is 0 Å². The van der Waals surface area contributed by atoms with E-state index in [-0.39, 0.29) is 0 Å². The van der Waals surface area contributed by atoms with Gasteiger partial charge in [0.05, 0.1) is 0 Å². The van der Waals surface area contributed by atoms with Gasteiger partial charge in [-0.1, -0.05) is 47.4 Å². The van der Waals surface area contributed by atoms with Crippen LogP contribution in [0.1, 0.15) is 0 Å². The Morgan fingerprint density at radius 3 is 1.75 bits per heavy atom. The minimum Gasteiger partial charge on any atom is -0.435 e. The molecule has 0 bridgehead atoms. The van der Waals surface area contributed by atoms with E-state index in [1.165, 1.54) is 0 Å². The molecule has 0 saturated heterocycles.